The predicted octanol–water partition coefficient (Wildman–Crippen LogP) is 5.25. The third-order valence-corrected chi connectivity index (χ3v) is 6.26. The summed E-state index contributed by atoms with van der Waals surface area (Å²) in [6, 6.07) is 22.6. The number of aryl methyl sites for hydroxylation is 1. The molecule has 0 amide bonds. The summed E-state index contributed by atoms with van der Waals surface area (Å²) in [4.78, 5) is 6.85. The van der Waals surface area contributed by atoms with Crippen molar-refractivity contribution < 1.29 is 4.42 Å². The lowest BCUT2D eigenvalue weighted by Crippen LogP contribution is -2.29. The largest absolute Gasteiger partial charge is 0.467 e. The third-order valence-electron chi connectivity index (χ3n) is 5.91. The van der Waals surface area contributed by atoms with Crippen LogP contribution >= 0.6 is 12.2 Å². The van der Waals surface area contributed by atoms with E-state index in [2.05, 4.69) is 70.0 Å². The zero-order valence-corrected chi connectivity index (χ0v) is 18.3. The molecule has 0 radical (unpaired) electrons. The van der Waals surface area contributed by atoms with Gasteiger partial charge in [-0.2, -0.15) is 0 Å². The second-order valence-electron chi connectivity index (χ2n) is 7.83. The van der Waals surface area contributed by atoms with Gasteiger partial charge >= 0.3 is 0 Å². The lowest BCUT2D eigenvalue weighted by atomic mass is 9.96. The topological polar surface area (TPSA) is 46.2 Å². The van der Waals surface area contributed by atoms with E-state index in [4.69, 9.17) is 16.6 Å². The van der Waals surface area contributed by atoms with Crippen molar-refractivity contribution in [2.75, 3.05) is 0 Å². The van der Waals surface area contributed by atoms with Crippen LogP contribution in [0.15, 0.2) is 83.6 Å². The van der Waals surface area contributed by atoms with Crippen LogP contribution < -0.4 is 5.32 Å². The van der Waals surface area contributed by atoms with Gasteiger partial charge in [-0.3, -0.25) is 4.98 Å². The highest BCUT2D eigenvalue weighted by Gasteiger charge is 2.41. The van der Waals surface area contributed by atoms with E-state index in [-0.39, 0.29) is 12.1 Å². The molecule has 0 bridgehead atoms. The Hall–Kier alpha value is -3.38. The van der Waals surface area contributed by atoms with Gasteiger partial charge in [-0.15, -0.1) is 0 Å². The molecule has 1 N–H and O–H groups in total. The zero-order chi connectivity index (χ0) is 21.4. The maximum absolute atomic E-state index is 5.78. The highest BCUT2D eigenvalue weighted by atomic mass is 32.1. The fraction of sp³-hybridized carbons (Fsp3) is 0.200. The summed E-state index contributed by atoms with van der Waals surface area (Å²) in [5.41, 5.74) is 5.75. The molecule has 4 heterocycles. The second-order valence-corrected chi connectivity index (χ2v) is 8.22. The molecule has 5 rings (SSSR count). The van der Waals surface area contributed by atoms with E-state index in [1.54, 1.807) is 6.26 Å². The molecule has 0 saturated carbocycles. The molecule has 0 aliphatic carbocycles. The van der Waals surface area contributed by atoms with Gasteiger partial charge in [0.25, 0.3) is 0 Å². The highest BCUT2D eigenvalue weighted by Crippen LogP contribution is 2.42. The van der Waals surface area contributed by atoms with Crippen LogP contribution in [0.2, 0.25) is 0 Å². The molecule has 1 fully saturated rings. The van der Waals surface area contributed by atoms with E-state index in [1.807, 2.05) is 36.5 Å². The molecular formula is C25H24N4OS. The smallest absolute Gasteiger partial charge is 0.170 e. The first-order chi connectivity index (χ1) is 15.1. The average molecular weight is 429 g/mol. The van der Waals surface area contributed by atoms with Crippen molar-refractivity contribution in [1.82, 2.24) is 19.8 Å². The summed E-state index contributed by atoms with van der Waals surface area (Å²) in [5.74, 6) is 0.882. The highest BCUT2D eigenvalue weighted by molar-refractivity contribution is 7.80. The molecule has 3 aromatic heterocycles. The molecule has 4 aromatic rings. The predicted molar refractivity (Wildman–Crippen MR) is 125 cm³/mol. The van der Waals surface area contributed by atoms with Gasteiger partial charge in [0.05, 0.1) is 30.6 Å². The van der Waals surface area contributed by atoms with Crippen LogP contribution in [0.1, 0.15) is 40.5 Å². The second kappa shape index (κ2) is 8.04. The summed E-state index contributed by atoms with van der Waals surface area (Å²) in [5, 5.41) is 4.23. The Morgan fingerprint density at radius 2 is 1.84 bits per heavy atom. The molecule has 156 valence electrons. The van der Waals surface area contributed by atoms with Crippen molar-refractivity contribution in [2.45, 2.75) is 32.5 Å². The number of furan rings is 1. The first kappa shape index (κ1) is 19.6. The first-order valence-corrected chi connectivity index (χ1v) is 10.8. The van der Waals surface area contributed by atoms with Crippen LogP contribution in [0.25, 0.3) is 5.69 Å². The SMILES string of the molecule is Cc1cc([C@@H]2[C@H](c3ccccn3)NC(=S)N2Cc2ccco2)c(C)n1-c1ccccc1. The van der Waals surface area contributed by atoms with E-state index in [0.29, 0.717) is 11.7 Å². The number of thiocarbonyl (C=S) groups is 1. The Balaban J connectivity index is 1.62. The molecule has 1 aliphatic heterocycles. The first-order valence-electron chi connectivity index (χ1n) is 10.4. The van der Waals surface area contributed by atoms with Crippen molar-refractivity contribution in [3.8, 4) is 5.69 Å². The normalized spacial score (nSPS) is 18.4. The Morgan fingerprint density at radius 3 is 2.55 bits per heavy atom. The van der Waals surface area contributed by atoms with Gasteiger partial charge in [0.2, 0.25) is 0 Å². The standard InChI is InChI=1S/C25H24N4OS/c1-17-15-21(18(2)29(17)19-9-4-3-5-10-19)24-23(22-12-6-7-13-26-22)27-25(31)28(24)16-20-11-8-14-30-20/h3-15,23-24H,16H2,1-2H3,(H,27,31)/t23-,24+/m0/s1. The van der Waals surface area contributed by atoms with Crippen LogP contribution in [-0.4, -0.2) is 19.6 Å². The van der Waals surface area contributed by atoms with E-state index in [1.165, 1.54) is 17.0 Å². The molecule has 1 aliphatic rings. The van der Waals surface area contributed by atoms with Gasteiger partial charge in [0, 0.05) is 23.3 Å². The van der Waals surface area contributed by atoms with Gasteiger partial charge in [0.15, 0.2) is 5.11 Å². The lowest BCUT2D eigenvalue weighted by molar-refractivity contribution is 0.286. The summed E-state index contributed by atoms with van der Waals surface area (Å²) in [7, 11) is 0. The molecule has 0 unspecified atom stereocenters. The maximum atomic E-state index is 5.78. The molecular weight excluding hydrogens is 404 g/mol. The van der Waals surface area contributed by atoms with Crippen molar-refractivity contribution in [3.05, 3.63) is 108 Å². The minimum atomic E-state index is -0.0478. The Bertz CT molecular complexity index is 1190. The average Bonchev–Trinajstić information content (AvgIpc) is 3.49. The number of hydrogen-bond acceptors (Lipinski definition) is 3. The molecule has 2 atom stereocenters. The van der Waals surface area contributed by atoms with Crippen LogP contribution in [0.4, 0.5) is 0 Å². The Labute approximate surface area is 187 Å². The molecule has 1 aromatic carbocycles. The van der Waals surface area contributed by atoms with Crippen LogP contribution in [-0.2, 0) is 6.54 Å². The molecule has 0 spiro atoms. The number of nitrogens with one attached hydrogen (secondary N) is 1. The van der Waals surface area contributed by atoms with Crippen LogP contribution in [0, 0.1) is 13.8 Å². The summed E-state index contributed by atoms with van der Waals surface area (Å²) in [6.07, 6.45) is 3.54. The van der Waals surface area contributed by atoms with E-state index >= 15 is 0 Å². The van der Waals surface area contributed by atoms with Gasteiger partial charge in [-0.05, 0) is 74.1 Å². The van der Waals surface area contributed by atoms with E-state index in [0.717, 1.165) is 17.1 Å². The van der Waals surface area contributed by atoms with Gasteiger partial charge in [-0.1, -0.05) is 24.3 Å². The Kier molecular flexibility index (Phi) is 5.08. The monoisotopic (exact) mass is 428 g/mol. The zero-order valence-electron chi connectivity index (χ0n) is 17.5. The minimum absolute atomic E-state index is 0.00355. The fourth-order valence-corrected chi connectivity index (χ4v) is 4.85. The lowest BCUT2D eigenvalue weighted by Gasteiger charge is -2.27. The van der Waals surface area contributed by atoms with Crippen molar-refractivity contribution in [1.29, 1.82) is 0 Å². The summed E-state index contributed by atoms with van der Waals surface area (Å²) in [6.45, 7) is 4.93. The summed E-state index contributed by atoms with van der Waals surface area (Å²) >= 11 is 5.78. The van der Waals surface area contributed by atoms with Crippen LogP contribution in [0.5, 0.6) is 0 Å². The number of para-hydroxylation sites is 1. The van der Waals surface area contributed by atoms with Crippen molar-refractivity contribution in [2.24, 2.45) is 0 Å². The number of benzene rings is 1. The number of pyridine rings is 1. The van der Waals surface area contributed by atoms with Crippen molar-refractivity contribution >= 4 is 17.3 Å². The Morgan fingerprint density at radius 1 is 1.03 bits per heavy atom. The number of nitrogens with zero attached hydrogens (tertiary/aromatic N) is 3. The molecule has 5 nitrogen and oxygen atoms in total. The van der Waals surface area contributed by atoms with E-state index in [9.17, 15) is 0 Å². The number of hydrogen-bond donors (Lipinski definition) is 1. The van der Waals surface area contributed by atoms with Gasteiger partial charge in [-0.25, -0.2) is 0 Å². The maximum Gasteiger partial charge on any atom is 0.170 e. The van der Waals surface area contributed by atoms with Gasteiger partial charge < -0.3 is 19.2 Å². The van der Waals surface area contributed by atoms with E-state index < -0.39 is 0 Å². The van der Waals surface area contributed by atoms with Crippen LogP contribution in [0.3, 0.4) is 0 Å². The fourth-order valence-electron chi connectivity index (χ4n) is 4.55. The molecule has 6 heteroatoms. The van der Waals surface area contributed by atoms with Gasteiger partial charge in [0.1, 0.15) is 5.76 Å². The van der Waals surface area contributed by atoms with Crippen molar-refractivity contribution in [3.63, 3.8) is 0 Å². The molecule has 31 heavy (non-hydrogen) atoms. The third kappa shape index (κ3) is 3.53. The molecule has 1 saturated heterocycles. The number of aromatic nitrogens is 2. The quantitative estimate of drug-likeness (QED) is 0.440. The number of rotatable bonds is 5. The summed E-state index contributed by atoms with van der Waals surface area (Å²) < 4.78 is 7.95. The minimum Gasteiger partial charge on any atom is -0.467 e.